The fourth-order valence-electron chi connectivity index (χ4n) is 2.92. The van der Waals surface area contributed by atoms with E-state index in [0.29, 0.717) is 12.5 Å². The van der Waals surface area contributed by atoms with E-state index in [-0.39, 0.29) is 30.1 Å². The number of benzene rings is 2. The second-order valence-corrected chi connectivity index (χ2v) is 7.70. The standard InChI is InChI=1S/C23H29FN2O2/c1-16(2)14-25-22(27)21(19-8-6-5-7-9-19)26(23(28)17(3)4)15-18-10-12-20(24)13-11-18/h5-13,16-17,21H,14-15H2,1-4H3,(H,25,27). The van der Waals surface area contributed by atoms with Crippen molar-refractivity contribution in [2.75, 3.05) is 6.54 Å². The number of rotatable bonds is 8. The van der Waals surface area contributed by atoms with Crippen LogP contribution >= 0.6 is 0 Å². The van der Waals surface area contributed by atoms with E-state index >= 15 is 0 Å². The van der Waals surface area contributed by atoms with Crippen molar-refractivity contribution in [3.63, 3.8) is 0 Å². The lowest BCUT2D eigenvalue weighted by Gasteiger charge is -2.33. The first-order valence-corrected chi connectivity index (χ1v) is 9.67. The number of nitrogens with one attached hydrogen (secondary N) is 1. The van der Waals surface area contributed by atoms with Crippen molar-refractivity contribution >= 4 is 11.8 Å². The van der Waals surface area contributed by atoms with Gasteiger partial charge >= 0.3 is 0 Å². The summed E-state index contributed by atoms with van der Waals surface area (Å²) >= 11 is 0. The Morgan fingerprint density at radius 3 is 2.11 bits per heavy atom. The SMILES string of the molecule is CC(C)CNC(=O)C(c1ccccc1)N(Cc1ccc(F)cc1)C(=O)C(C)C. The number of halogens is 1. The zero-order valence-corrected chi connectivity index (χ0v) is 17.0. The van der Waals surface area contributed by atoms with Crippen LogP contribution in [0, 0.1) is 17.7 Å². The number of nitrogens with zero attached hydrogens (tertiary/aromatic N) is 1. The van der Waals surface area contributed by atoms with Crippen molar-refractivity contribution in [2.24, 2.45) is 11.8 Å². The first-order chi connectivity index (χ1) is 13.3. The van der Waals surface area contributed by atoms with Gasteiger partial charge in [-0.15, -0.1) is 0 Å². The van der Waals surface area contributed by atoms with Gasteiger partial charge in [0.1, 0.15) is 11.9 Å². The molecule has 0 aliphatic rings. The maximum Gasteiger partial charge on any atom is 0.247 e. The van der Waals surface area contributed by atoms with E-state index in [1.54, 1.807) is 17.0 Å². The molecule has 0 saturated carbocycles. The molecule has 4 nitrogen and oxygen atoms in total. The van der Waals surface area contributed by atoms with Gasteiger partial charge in [-0.25, -0.2) is 4.39 Å². The molecule has 0 spiro atoms. The predicted octanol–water partition coefficient (Wildman–Crippen LogP) is 4.32. The Labute approximate surface area is 166 Å². The molecule has 28 heavy (non-hydrogen) atoms. The van der Waals surface area contributed by atoms with E-state index in [1.165, 1.54) is 12.1 Å². The summed E-state index contributed by atoms with van der Waals surface area (Å²) in [4.78, 5) is 27.7. The summed E-state index contributed by atoms with van der Waals surface area (Å²) in [5.74, 6) is -0.648. The fraction of sp³-hybridized carbons (Fsp3) is 0.391. The van der Waals surface area contributed by atoms with Gasteiger partial charge in [-0.3, -0.25) is 9.59 Å². The van der Waals surface area contributed by atoms with Crippen LogP contribution in [0.3, 0.4) is 0 Å². The average Bonchev–Trinajstić information content (AvgIpc) is 2.67. The van der Waals surface area contributed by atoms with Gasteiger partial charge in [0.25, 0.3) is 0 Å². The lowest BCUT2D eigenvalue weighted by Crippen LogP contribution is -2.45. The van der Waals surface area contributed by atoms with Crippen LogP contribution in [-0.2, 0) is 16.1 Å². The van der Waals surface area contributed by atoms with Crippen molar-refractivity contribution in [3.8, 4) is 0 Å². The van der Waals surface area contributed by atoms with E-state index in [4.69, 9.17) is 0 Å². The van der Waals surface area contributed by atoms with Gasteiger partial charge in [0.05, 0.1) is 0 Å². The van der Waals surface area contributed by atoms with Gasteiger partial charge in [0.15, 0.2) is 0 Å². The minimum atomic E-state index is -0.750. The highest BCUT2D eigenvalue weighted by Crippen LogP contribution is 2.25. The summed E-state index contributed by atoms with van der Waals surface area (Å²) in [6, 6.07) is 14.6. The first kappa shape index (κ1) is 21.6. The Hall–Kier alpha value is -2.69. The Balaban J connectivity index is 2.42. The molecular weight excluding hydrogens is 355 g/mol. The Kier molecular flexibility index (Phi) is 7.73. The van der Waals surface area contributed by atoms with Crippen molar-refractivity contribution in [3.05, 3.63) is 71.5 Å². The molecule has 0 bridgehead atoms. The summed E-state index contributed by atoms with van der Waals surface area (Å²) in [6.45, 7) is 8.43. The topological polar surface area (TPSA) is 49.4 Å². The van der Waals surface area contributed by atoms with Crippen LogP contribution in [0.2, 0.25) is 0 Å². The molecule has 0 aliphatic carbocycles. The highest BCUT2D eigenvalue weighted by Gasteiger charge is 2.32. The molecule has 2 aromatic carbocycles. The molecule has 0 aliphatic heterocycles. The monoisotopic (exact) mass is 384 g/mol. The average molecular weight is 384 g/mol. The van der Waals surface area contributed by atoms with Gasteiger partial charge in [0.2, 0.25) is 11.8 Å². The van der Waals surface area contributed by atoms with Crippen molar-refractivity contribution < 1.29 is 14.0 Å². The minimum Gasteiger partial charge on any atom is -0.354 e. The third-order valence-corrected chi connectivity index (χ3v) is 4.40. The molecule has 2 amide bonds. The number of carbonyl (C=O) groups excluding carboxylic acids is 2. The van der Waals surface area contributed by atoms with Crippen LogP contribution in [0.1, 0.15) is 44.9 Å². The normalized spacial score (nSPS) is 12.1. The maximum atomic E-state index is 13.3. The first-order valence-electron chi connectivity index (χ1n) is 9.67. The zero-order chi connectivity index (χ0) is 20.7. The molecule has 1 unspecified atom stereocenters. The smallest absolute Gasteiger partial charge is 0.247 e. The molecule has 2 aromatic rings. The van der Waals surface area contributed by atoms with E-state index < -0.39 is 6.04 Å². The van der Waals surface area contributed by atoms with Crippen LogP contribution in [0.25, 0.3) is 0 Å². The summed E-state index contributed by atoms with van der Waals surface area (Å²) in [5, 5.41) is 2.96. The highest BCUT2D eigenvalue weighted by atomic mass is 19.1. The van der Waals surface area contributed by atoms with E-state index in [9.17, 15) is 14.0 Å². The Morgan fingerprint density at radius 1 is 0.964 bits per heavy atom. The van der Waals surface area contributed by atoms with Gasteiger partial charge in [-0.05, 0) is 29.2 Å². The van der Waals surface area contributed by atoms with E-state index in [1.807, 2.05) is 58.0 Å². The lowest BCUT2D eigenvalue weighted by atomic mass is 10.0. The van der Waals surface area contributed by atoms with Crippen molar-refractivity contribution in [1.29, 1.82) is 0 Å². The number of amides is 2. The summed E-state index contributed by atoms with van der Waals surface area (Å²) < 4.78 is 13.3. The van der Waals surface area contributed by atoms with Crippen LogP contribution in [0.4, 0.5) is 4.39 Å². The second kappa shape index (κ2) is 10.0. The fourth-order valence-corrected chi connectivity index (χ4v) is 2.92. The maximum absolute atomic E-state index is 13.3. The van der Waals surface area contributed by atoms with E-state index in [0.717, 1.165) is 11.1 Å². The molecule has 0 radical (unpaired) electrons. The second-order valence-electron chi connectivity index (χ2n) is 7.70. The molecular formula is C23H29FN2O2. The lowest BCUT2D eigenvalue weighted by molar-refractivity contribution is -0.144. The zero-order valence-electron chi connectivity index (χ0n) is 17.0. The minimum absolute atomic E-state index is 0.127. The van der Waals surface area contributed by atoms with Crippen LogP contribution < -0.4 is 5.32 Å². The van der Waals surface area contributed by atoms with Crippen LogP contribution in [-0.4, -0.2) is 23.3 Å². The van der Waals surface area contributed by atoms with Crippen molar-refractivity contribution in [2.45, 2.75) is 40.3 Å². The molecule has 0 heterocycles. The number of carbonyl (C=O) groups is 2. The number of hydrogen-bond donors (Lipinski definition) is 1. The molecule has 1 atom stereocenters. The van der Waals surface area contributed by atoms with Gasteiger partial charge in [-0.1, -0.05) is 70.2 Å². The molecule has 0 aromatic heterocycles. The Morgan fingerprint density at radius 2 is 1.57 bits per heavy atom. The summed E-state index contributed by atoms with van der Waals surface area (Å²) in [7, 11) is 0. The van der Waals surface area contributed by atoms with Crippen LogP contribution in [0.5, 0.6) is 0 Å². The largest absolute Gasteiger partial charge is 0.354 e. The molecule has 150 valence electrons. The summed E-state index contributed by atoms with van der Waals surface area (Å²) in [5.41, 5.74) is 1.52. The number of hydrogen-bond acceptors (Lipinski definition) is 2. The third kappa shape index (κ3) is 5.91. The molecule has 2 rings (SSSR count). The quantitative estimate of drug-likeness (QED) is 0.737. The Bertz CT molecular complexity index is 773. The molecule has 1 N–H and O–H groups in total. The third-order valence-electron chi connectivity index (χ3n) is 4.40. The van der Waals surface area contributed by atoms with Gasteiger partial charge < -0.3 is 10.2 Å². The molecule has 0 saturated heterocycles. The molecule has 5 heteroatoms. The van der Waals surface area contributed by atoms with Crippen molar-refractivity contribution in [1.82, 2.24) is 10.2 Å². The highest BCUT2D eigenvalue weighted by molar-refractivity contribution is 5.89. The predicted molar refractivity (Wildman–Crippen MR) is 109 cm³/mol. The van der Waals surface area contributed by atoms with Gasteiger partial charge in [0, 0.05) is 19.0 Å². The van der Waals surface area contributed by atoms with Crippen LogP contribution in [0.15, 0.2) is 54.6 Å². The summed E-state index contributed by atoms with van der Waals surface area (Å²) in [6.07, 6.45) is 0. The van der Waals surface area contributed by atoms with Gasteiger partial charge in [-0.2, -0.15) is 0 Å². The molecule has 0 fully saturated rings. The van der Waals surface area contributed by atoms with E-state index in [2.05, 4.69) is 5.32 Å².